The van der Waals surface area contributed by atoms with E-state index in [4.69, 9.17) is 4.42 Å². The molecule has 0 aromatic carbocycles. The van der Waals surface area contributed by atoms with Crippen molar-refractivity contribution in [2.45, 2.75) is 32.2 Å². The van der Waals surface area contributed by atoms with E-state index < -0.39 is 0 Å². The van der Waals surface area contributed by atoms with Crippen LogP contribution in [0, 0.1) is 6.92 Å². The van der Waals surface area contributed by atoms with Gasteiger partial charge in [-0.15, -0.1) is 0 Å². The molecule has 15 heavy (non-hydrogen) atoms. The van der Waals surface area contributed by atoms with Crippen LogP contribution in [-0.2, 0) is 4.79 Å². The molecule has 1 saturated heterocycles. The van der Waals surface area contributed by atoms with Crippen molar-refractivity contribution in [1.82, 2.24) is 5.32 Å². The maximum absolute atomic E-state index is 11.7. The Labute approximate surface area is 89.0 Å². The fourth-order valence-electron chi connectivity index (χ4n) is 1.79. The lowest BCUT2D eigenvalue weighted by Gasteiger charge is -2.21. The van der Waals surface area contributed by atoms with Crippen LogP contribution >= 0.6 is 0 Å². The van der Waals surface area contributed by atoms with Crippen LogP contribution in [0.25, 0.3) is 0 Å². The van der Waals surface area contributed by atoms with Gasteiger partial charge in [-0.25, -0.2) is 0 Å². The van der Waals surface area contributed by atoms with Gasteiger partial charge in [0.25, 0.3) is 0 Å². The minimum Gasteiger partial charge on any atom is -0.446 e. The molecule has 1 aliphatic heterocycles. The SMILES string of the molecule is Cc1ccc(NC(=O)C2CCCCN2)o1. The summed E-state index contributed by atoms with van der Waals surface area (Å²) in [5, 5.41) is 5.96. The summed E-state index contributed by atoms with van der Waals surface area (Å²) in [5.74, 6) is 1.34. The van der Waals surface area contributed by atoms with Crippen LogP contribution in [-0.4, -0.2) is 18.5 Å². The molecule has 1 atom stereocenters. The fraction of sp³-hybridized carbons (Fsp3) is 0.545. The summed E-state index contributed by atoms with van der Waals surface area (Å²) in [6, 6.07) is 3.55. The number of hydrogen-bond acceptors (Lipinski definition) is 3. The lowest BCUT2D eigenvalue weighted by atomic mass is 10.0. The van der Waals surface area contributed by atoms with Crippen molar-refractivity contribution in [3.05, 3.63) is 17.9 Å². The Hall–Kier alpha value is -1.29. The Balaban J connectivity index is 1.91. The van der Waals surface area contributed by atoms with Gasteiger partial charge in [-0.05, 0) is 32.4 Å². The number of carbonyl (C=O) groups is 1. The Morgan fingerprint density at radius 1 is 1.53 bits per heavy atom. The molecule has 1 aromatic heterocycles. The topological polar surface area (TPSA) is 54.3 Å². The summed E-state index contributed by atoms with van der Waals surface area (Å²) in [6.07, 6.45) is 3.18. The molecule has 0 spiro atoms. The summed E-state index contributed by atoms with van der Waals surface area (Å²) in [6.45, 7) is 2.78. The highest BCUT2D eigenvalue weighted by atomic mass is 16.4. The highest BCUT2D eigenvalue weighted by Gasteiger charge is 2.20. The van der Waals surface area contributed by atoms with E-state index in [1.165, 1.54) is 0 Å². The number of aryl methyl sites for hydroxylation is 1. The standard InChI is InChI=1S/C11H16N2O2/c1-8-5-6-10(15-8)13-11(14)9-4-2-3-7-12-9/h5-6,9,12H,2-4,7H2,1H3,(H,13,14). The lowest BCUT2D eigenvalue weighted by Crippen LogP contribution is -2.43. The quantitative estimate of drug-likeness (QED) is 0.777. The number of carbonyl (C=O) groups excluding carboxylic acids is 1. The first-order chi connectivity index (χ1) is 7.25. The van der Waals surface area contributed by atoms with Crippen molar-refractivity contribution in [2.24, 2.45) is 0 Å². The second kappa shape index (κ2) is 4.49. The number of nitrogens with one attached hydrogen (secondary N) is 2. The van der Waals surface area contributed by atoms with E-state index in [9.17, 15) is 4.79 Å². The third kappa shape index (κ3) is 2.59. The molecular weight excluding hydrogens is 192 g/mol. The number of rotatable bonds is 2. The average Bonchev–Trinajstić information content (AvgIpc) is 2.65. The van der Waals surface area contributed by atoms with Gasteiger partial charge < -0.3 is 9.73 Å². The van der Waals surface area contributed by atoms with Gasteiger partial charge in [-0.1, -0.05) is 6.42 Å². The van der Waals surface area contributed by atoms with Gasteiger partial charge in [0.05, 0.1) is 6.04 Å². The highest BCUT2D eigenvalue weighted by Crippen LogP contribution is 2.14. The minimum atomic E-state index is -0.0656. The van der Waals surface area contributed by atoms with Crippen LogP contribution in [0.3, 0.4) is 0 Å². The van der Waals surface area contributed by atoms with E-state index in [-0.39, 0.29) is 11.9 Å². The minimum absolute atomic E-state index is 0.00375. The molecule has 1 amide bonds. The Kier molecular flexibility index (Phi) is 3.06. The summed E-state index contributed by atoms with van der Waals surface area (Å²) in [4.78, 5) is 11.7. The van der Waals surface area contributed by atoms with Crippen LogP contribution in [0.4, 0.5) is 5.88 Å². The molecule has 1 aromatic rings. The molecule has 82 valence electrons. The van der Waals surface area contributed by atoms with Gasteiger partial charge in [-0.2, -0.15) is 0 Å². The first-order valence-corrected chi connectivity index (χ1v) is 5.36. The van der Waals surface area contributed by atoms with Crippen molar-refractivity contribution in [3.8, 4) is 0 Å². The third-order valence-electron chi connectivity index (χ3n) is 2.61. The molecule has 2 heterocycles. The van der Waals surface area contributed by atoms with E-state index in [1.807, 2.05) is 13.0 Å². The smallest absolute Gasteiger partial charge is 0.243 e. The zero-order chi connectivity index (χ0) is 10.7. The van der Waals surface area contributed by atoms with Crippen LogP contribution in [0.2, 0.25) is 0 Å². The summed E-state index contributed by atoms with van der Waals surface area (Å²) in [5.41, 5.74) is 0. The summed E-state index contributed by atoms with van der Waals surface area (Å²) < 4.78 is 5.29. The van der Waals surface area contributed by atoms with Gasteiger partial charge >= 0.3 is 0 Å². The zero-order valence-electron chi connectivity index (χ0n) is 8.88. The van der Waals surface area contributed by atoms with Crippen molar-refractivity contribution in [3.63, 3.8) is 0 Å². The van der Waals surface area contributed by atoms with E-state index in [1.54, 1.807) is 6.07 Å². The highest BCUT2D eigenvalue weighted by molar-refractivity contribution is 5.93. The molecule has 2 rings (SSSR count). The van der Waals surface area contributed by atoms with Crippen molar-refractivity contribution >= 4 is 11.8 Å². The number of piperidine rings is 1. The molecule has 0 radical (unpaired) electrons. The maximum atomic E-state index is 11.7. The molecule has 1 fully saturated rings. The Bertz CT molecular complexity index is 340. The van der Waals surface area contributed by atoms with Gasteiger partial charge in [-0.3, -0.25) is 10.1 Å². The molecular formula is C11H16N2O2. The Morgan fingerprint density at radius 3 is 3.00 bits per heavy atom. The zero-order valence-corrected chi connectivity index (χ0v) is 8.88. The lowest BCUT2D eigenvalue weighted by molar-refractivity contribution is -0.118. The normalized spacial score (nSPS) is 21.3. The second-order valence-electron chi connectivity index (χ2n) is 3.90. The van der Waals surface area contributed by atoms with E-state index >= 15 is 0 Å². The van der Waals surface area contributed by atoms with Gasteiger partial charge in [0.2, 0.25) is 5.91 Å². The van der Waals surface area contributed by atoms with E-state index in [2.05, 4.69) is 10.6 Å². The first-order valence-electron chi connectivity index (χ1n) is 5.36. The predicted molar refractivity (Wildman–Crippen MR) is 57.7 cm³/mol. The van der Waals surface area contributed by atoms with Crippen LogP contribution in [0.15, 0.2) is 16.5 Å². The Morgan fingerprint density at radius 2 is 2.40 bits per heavy atom. The van der Waals surface area contributed by atoms with Crippen molar-refractivity contribution < 1.29 is 9.21 Å². The third-order valence-corrected chi connectivity index (χ3v) is 2.61. The number of furan rings is 1. The van der Waals surface area contributed by atoms with Crippen LogP contribution in [0.1, 0.15) is 25.0 Å². The molecule has 0 aliphatic carbocycles. The predicted octanol–water partition coefficient (Wildman–Crippen LogP) is 1.67. The number of hydrogen-bond donors (Lipinski definition) is 2. The average molecular weight is 208 g/mol. The maximum Gasteiger partial charge on any atom is 0.243 e. The van der Waals surface area contributed by atoms with Gasteiger partial charge in [0.15, 0.2) is 5.88 Å². The second-order valence-corrected chi connectivity index (χ2v) is 3.90. The molecule has 0 saturated carbocycles. The molecule has 1 unspecified atom stereocenters. The van der Waals surface area contributed by atoms with Gasteiger partial charge in [0.1, 0.15) is 5.76 Å². The number of amides is 1. The van der Waals surface area contributed by atoms with E-state index in [0.717, 1.165) is 31.6 Å². The van der Waals surface area contributed by atoms with Crippen molar-refractivity contribution in [1.29, 1.82) is 0 Å². The molecule has 2 N–H and O–H groups in total. The van der Waals surface area contributed by atoms with Crippen LogP contribution in [0.5, 0.6) is 0 Å². The molecule has 4 nitrogen and oxygen atoms in total. The first kappa shape index (κ1) is 10.2. The van der Waals surface area contributed by atoms with Crippen LogP contribution < -0.4 is 10.6 Å². The summed E-state index contributed by atoms with van der Waals surface area (Å²) in [7, 11) is 0. The monoisotopic (exact) mass is 208 g/mol. The van der Waals surface area contributed by atoms with E-state index in [0.29, 0.717) is 5.88 Å². The largest absolute Gasteiger partial charge is 0.446 e. The summed E-state index contributed by atoms with van der Waals surface area (Å²) >= 11 is 0. The molecule has 0 bridgehead atoms. The van der Waals surface area contributed by atoms with Gasteiger partial charge in [0, 0.05) is 6.07 Å². The van der Waals surface area contributed by atoms with Crippen molar-refractivity contribution in [2.75, 3.05) is 11.9 Å². The number of anilines is 1. The fourth-order valence-corrected chi connectivity index (χ4v) is 1.79. The molecule has 1 aliphatic rings. The molecule has 4 heteroatoms.